The van der Waals surface area contributed by atoms with Gasteiger partial charge < -0.3 is 4.90 Å². The molecule has 5 heteroatoms. The molecule has 0 atom stereocenters. The average molecular weight is 240 g/mol. The van der Waals surface area contributed by atoms with Gasteiger partial charge in [0.15, 0.2) is 0 Å². The van der Waals surface area contributed by atoms with Gasteiger partial charge in [-0.25, -0.2) is 4.98 Å². The molecule has 2 rings (SSSR count). The Morgan fingerprint density at radius 1 is 1.50 bits per heavy atom. The maximum Gasteiger partial charge on any atom is 0.236 e. The molecule has 0 radical (unpaired) electrons. The smallest absolute Gasteiger partial charge is 0.236 e. The van der Waals surface area contributed by atoms with Crippen LogP contribution in [0, 0.1) is 0 Å². The van der Waals surface area contributed by atoms with Gasteiger partial charge in [0.2, 0.25) is 5.91 Å². The molecule has 0 bridgehead atoms. The lowest BCUT2D eigenvalue weighted by molar-refractivity contribution is -0.134. The predicted molar refractivity (Wildman–Crippen MR) is 62.2 cm³/mol. The molecule has 2 heterocycles. The van der Waals surface area contributed by atoms with E-state index in [4.69, 9.17) is 11.6 Å². The second-order valence-corrected chi connectivity index (χ2v) is 4.34. The molecule has 0 unspecified atom stereocenters. The molecular formula is C11H14ClN3O. The normalized spacial score (nSPS) is 17.9. The van der Waals surface area contributed by atoms with Crippen molar-refractivity contribution < 1.29 is 4.79 Å². The number of hydrogen-bond acceptors (Lipinski definition) is 3. The molecule has 1 aliphatic heterocycles. The molecule has 1 amide bonds. The van der Waals surface area contributed by atoms with Crippen molar-refractivity contribution in [3.63, 3.8) is 0 Å². The Bertz CT molecular complexity index is 397. The second kappa shape index (κ2) is 4.80. The first-order valence-electron chi connectivity index (χ1n) is 5.22. The molecule has 0 aliphatic carbocycles. The highest BCUT2D eigenvalue weighted by Gasteiger charge is 2.21. The zero-order chi connectivity index (χ0) is 11.5. The first-order chi connectivity index (χ1) is 7.66. The van der Waals surface area contributed by atoms with Crippen molar-refractivity contribution in [3.05, 3.63) is 29.0 Å². The van der Waals surface area contributed by atoms with Crippen molar-refractivity contribution >= 4 is 17.5 Å². The van der Waals surface area contributed by atoms with Crippen molar-refractivity contribution in [1.29, 1.82) is 0 Å². The number of rotatable bonds is 2. The van der Waals surface area contributed by atoms with Crippen LogP contribution in [0.5, 0.6) is 0 Å². The van der Waals surface area contributed by atoms with Gasteiger partial charge in [0.05, 0.1) is 6.54 Å². The molecule has 1 aromatic rings. The highest BCUT2D eigenvalue weighted by atomic mass is 35.5. The number of nitrogens with zero attached hydrogens (tertiary/aromatic N) is 3. The lowest BCUT2D eigenvalue weighted by Crippen LogP contribution is -2.48. The number of carbonyl (C=O) groups excluding carboxylic acids is 1. The van der Waals surface area contributed by atoms with E-state index in [1.54, 1.807) is 11.1 Å². The van der Waals surface area contributed by atoms with Gasteiger partial charge in [0, 0.05) is 38.4 Å². The minimum absolute atomic E-state index is 0.159. The van der Waals surface area contributed by atoms with Gasteiger partial charge in [-0.05, 0) is 6.07 Å². The molecular weight excluding hydrogens is 226 g/mol. The lowest BCUT2D eigenvalue weighted by atomic mass is 10.2. The number of halogens is 1. The molecule has 0 N–H and O–H groups in total. The molecule has 1 fully saturated rings. The van der Waals surface area contributed by atoms with E-state index in [0.29, 0.717) is 18.2 Å². The highest BCUT2D eigenvalue weighted by Crippen LogP contribution is 2.15. The number of amides is 1. The van der Waals surface area contributed by atoms with Crippen molar-refractivity contribution in [1.82, 2.24) is 14.8 Å². The predicted octanol–water partition coefficient (Wildman–Crippen LogP) is 1.01. The molecule has 0 spiro atoms. The first-order valence-corrected chi connectivity index (χ1v) is 5.60. The van der Waals surface area contributed by atoms with Gasteiger partial charge in [0.1, 0.15) is 5.15 Å². The third-order valence-electron chi connectivity index (χ3n) is 2.77. The SMILES string of the molecule is CN1CCN(Cc2cccnc2Cl)CC1=O. The Labute approximate surface area is 99.8 Å². The maximum absolute atomic E-state index is 11.5. The number of aromatic nitrogens is 1. The molecule has 86 valence electrons. The quantitative estimate of drug-likeness (QED) is 0.723. The van der Waals surface area contributed by atoms with E-state index >= 15 is 0 Å². The summed E-state index contributed by atoms with van der Waals surface area (Å²) in [5.74, 6) is 0.159. The summed E-state index contributed by atoms with van der Waals surface area (Å²) in [7, 11) is 1.83. The van der Waals surface area contributed by atoms with E-state index in [9.17, 15) is 4.79 Å². The van der Waals surface area contributed by atoms with E-state index in [0.717, 1.165) is 18.7 Å². The Morgan fingerprint density at radius 3 is 3.00 bits per heavy atom. The number of likely N-dealkylation sites (N-methyl/N-ethyl adjacent to an activating group) is 1. The summed E-state index contributed by atoms with van der Waals surface area (Å²) < 4.78 is 0. The van der Waals surface area contributed by atoms with Crippen LogP contribution in [-0.2, 0) is 11.3 Å². The van der Waals surface area contributed by atoms with Crippen LogP contribution in [0.15, 0.2) is 18.3 Å². The van der Waals surface area contributed by atoms with Gasteiger partial charge >= 0.3 is 0 Å². The highest BCUT2D eigenvalue weighted by molar-refractivity contribution is 6.30. The fourth-order valence-corrected chi connectivity index (χ4v) is 1.90. The average Bonchev–Trinajstić information content (AvgIpc) is 2.27. The number of carbonyl (C=O) groups is 1. The Kier molecular flexibility index (Phi) is 3.41. The standard InChI is InChI=1S/C11H14ClN3O/c1-14-5-6-15(8-10(14)16)7-9-3-2-4-13-11(9)12/h2-4H,5-8H2,1H3. The molecule has 16 heavy (non-hydrogen) atoms. The number of pyridine rings is 1. The molecule has 4 nitrogen and oxygen atoms in total. The summed E-state index contributed by atoms with van der Waals surface area (Å²) in [6, 6.07) is 3.80. The Balaban J connectivity index is 2.01. The Hall–Kier alpha value is -1.13. The maximum atomic E-state index is 11.5. The van der Waals surface area contributed by atoms with Crippen molar-refractivity contribution in [2.45, 2.75) is 6.54 Å². The summed E-state index contributed by atoms with van der Waals surface area (Å²) >= 11 is 5.98. The Morgan fingerprint density at radius 2 is 2.31 bits per heavy atom. The zero-order valence-electron chi connectivity index (χ0n) is 9.19. The number of hydrogen-bond donors (Lipinski definition) is 0. The van der Waals surface area contributed by atoms with Crippen LogP contribution in [0.2, 0.25) is 5.15 Å². The minimum Gasteiger partial charge on any atom is -0.343 e. The molecule has 0 aromatic carbocycles. The van der Waals surface area contributed by atoms with Crippen LogP contribution in [0.4, 0.5) is 0 Å². The van der Waals surface area contributed by atoms with Crippen LogP contribution in [0.1, 0.15) is 5.56 Å². The third kappa shape index (κ3) is 2.51. The summed E-state index contributed by atoms with van der Waals surface area (Å²) in [6.45, 7) is 2.80. The summed E-state index contributed by atoms with van der Waals surface area (Å²) in [4.78, 5) is 19.4. The first kappa shape index (κ1) is 11.4. The largest absolute Gasteiger partial charge is 0.343 e. The van der Waals surface area contributed by atoms with E-state index in [1.807, 2.05) is 19.2 Å². The zero-order valence-corrected chi connectivity index (χ0v) is 9.94. The van der Waals surface area contributed by atoms with Gasteiger partial charge in [-0.2, -0.15) is 0 Å². The summed E-state index contributed by atoms with van der Waals surface area (Å²) in [6.07, 6.45) is 1.67. The van der Waals surface area contributed by atoms with Crippen LogP contribution >= 0.6 is 11.6 Å². The molecule has 1 aliphatic rings. The van der Waals surface area contributed by atoms with E-state index in [1.165, 1.54) is 0 Å². The molecule has 1 saturated heterocycles. The van der Waals surface area contributed by atoms with Crippen molar-refractivity contribution in [2.75, 3.05) is 26.7 Å². The second-order valence-electron chi connectivity index (χ2n) is 3.98. The molecule has 1 aromatic heterocycles. The van der Waals surface area contributed by atoms with E-state index < -0.39 is 0 Å². The van der Waals surface area contributed by atoms with Gasteiger partial charge in [0.25, 0.3) is 0 Å². The fraction of sp³-hybridized carbons (Fsp3) is 0.455. The van der Waals surface area contributed by atoms with E-state index in [-0.39, 0.29) is 5.91 Å². The van der Waals surface area contributed by atoms with Crippen LogP contribution in [0.3, 0.4) is 0 Å². The van der Waals surface area contributed by atoms with Crippen molar-refractivity contribution in [3.8, 4) is 0 Å². The van der Waals surface area contributed by atoms with Gasteiger partial charge in [-0.3, -0.25) is 9.69 Å². The van der Waals surface area contributed by atoms with Gasteiger partial charge in [-0.1, -0.05) is 17.7 Å². The van der Waals surface area contributed by atoms with E-state index in [2.05, 4.69) is 9.88 Å². The van der Waals surface area contributed by atoms with Crippen LogP contribution < -0.4 is 0 Å². The number of piperazine rings is 1. The fourth-order valence-electron chi connectivity index (χ4n) is 1.72. The third-order valence-corrected chi connectivity index (χ3v) is 3.11. The summed E-state index contributed by atoms with van der Waals surface area (Å²) in [5, 5.41) is 0.522. The summed E-state index contributed by atoms with van der Waals surface area (Å²) in [5.41, 5.74) is 0.974. The van der Waals surface area contributed by atoms with Gasteiger partial charge in [-0.15, -0.1) is 0 Å². The minimum atomic E-state index is 0.159. The lowest BCUT2D eigenvalue weighted by Gasteiger charge is -2.31. The van der Waals surface area contributed by atoms with Crippen LogP contribution in [0.25, 0.3) is 0 Å². The van der Waals surface area contributed by atoms with Crippen molar-refractivity contribution in [2.24, 2.45) is 0 Å². The molecule has 0 saturated carbocycles. The van der Waals surface area contributed by atoms with Crippen LogP contribution in [-0.4, -0.2) is 47.4 Å². The monoisotopic (exact) mass is 239 g/mol. The topological polar surface area (TPSA) is 36.4 Å².